The largest absolute Gasteiger partial charge is 0.348 e. The van der Waals surface area contributed by atoms with E-state index in [-0.39, 0.29) is 11.9 Å². The summed E-state index contributed by atoms with van der Waals surface area (Å²) >= 11 is 0. The number of hydrogen-bond donors (Lipinski definition) is 2. The van der Waals surface area contributed by atoms with Crippen LogP contribution in [0.2, 0.25) is 0 Å². The minimum Gasteiger partial charge on any atom is -0.348 e. The number of hydrogen-bond acceptors (Lipinski definition) is 2. The molecule has 22 heavy (non-hydrogen) atoms. The van der Waals surface area contributed by atoms with Crippen LogP contribution in [-0.4, -0.2) is 29.6 Å². The number of para-hydroxylation sites is 1. The first-order chi connectivity index (χ1) is 10.7. The first-order valence-electron chi connectivity index (χ1n) is 7.93. The summed E-state index contributed by atoms with van der Waals surface area (Å²) in [6, 6.07) is 12.4. The number of nitrogens with zero attached hydrogens (tertiary/aromatic N) is 1. The van der Waals surface area contributed by atoms with Gasteiger partial charge >= 0.3 is 0 Å². The highest BCUT2D eigenvalue weighted by atomic mass is 16.1. The van der Waals surface area contributed by atoms with Gasteiger partial charge in [0.2, 0.25) is 0 Å². The van der Waals surface area contributed by atoms with Gasteiger partial charge in [0.05, 0.1) is 5.56 Å². The van der Waals surface area contributed by atoms with E-state index < -0.39 is 0 Å². The zero-order chi connectivity index (χ0) is 15.5. The van der Waals surface area contributed by atoms with Gasteiger partial charge in [-0.15, -0.1) is 0 Å². The summed E-state index contributed by atoms with van der Waals surface area (Å²) in [7, 11) is 0. The summed E-state index contributed by atoms with van der Waals surface area (Å²) < 4.78 is 2.13. The fraction of sp³-hybridized carbons (Fsp3) is 0.389. The molecule has 1 aromatic carbocycles. The first kappa shape index (κ1) is 14.9. The third kappa shape index (κ3) is 2.92. The zero-order valence-electron chi connectivity index (χ0n) is 13.2. The van der Waals surface area contributed by atoms with Gasteiger partial charge in [-0.1, -0.05) is 18.2 Å². The van der Waals surface area contributed by atoms with E-state index in [1.807, 2.05) is 38.1 Å². The van der Waals surface area contributed by atoms with Crippen molar-refractivity contribution in [2.75, 3.05) is 13.1 Å². The Kier molecular flexibility index (Phi) is 4.29. The van der Waals surface area contributed by atoms with E-state index in [2.05, 4.69) is 27.3 Å². The van der Waals surface area contributed by atoms with Crippen LogP contribution in [-0.2, 0) is 0 Å². The fourth-order valence-corrected chi connectivity index (χ4v) is 3.21. The Balaban J connectivity index is 1.84. The molecule has 4 nitrogen and oxygen atoms in total. The average Bonchev–Trinajstić information content (AvgIpc) is 2.84. The third-order valence-corrected chi connectivity index (χ3v) is 4.32. The van der Waals surface area contributed by atoms with Gasteiger partial charge in [-0.25, -0.2) is 0 Å². The highest BCUT2D eigenvalue weighted by molar-refractivity contribution is 5.96. The predicted octanol–water partition coefficient (Wildman–Crippen LogP) is 2.58. The van der Waals surface area contributed by atoms with E-state index in [0.717, 1.165) is 48.6 Å². The van der Waals surface area contributed by atoms with Crippen molar-refractivity contribution < 1.29 is 4.79 Å². The van der Waals surface area contributed by atoms with Crippen molar-refractivity contribution in [3.05, 3.63) is 53.3 Å². The maximum Gasteiger partial charge on any atom is 0.253 e. The van der Waals surface area contributed by atoms with Crippen molar-refractivity contribution in [1.82, 2.24) is 15.2 Å². The van der Waals surface area contributed by atoms with Gasteiger partial charge in [0.1, 0.15) is 0 Å². The van der Waals surface area contributed by atoms with Crippen molar-refractivity contribution in [1.29, 1.82) is 0 Å². The van der Waals surface area contributed by atoms with Gasteiger partial charge in [0.15, 0.2) is 0 Å². The molecule has 0 saturated carbocycles. The van der Waals surface area contributed by atoms with E-state index in [1.165, 1.54) is 0 Å². The van der Waals surface area contributed by atoms with Crippen LogP contribution in [0.15, 0.2) is 36.4 Å². The zero-order valence-corrected chi connectivity index (χ0v) is 13.2. The lowest BCUT2D eigenvalue weighted by molar-refractivity contribution is 0.0930. The van der Waals surface area contributed by atoms with E-state index in [0.29, 0.717) is 0 Å². The van der Waals surface area contributed by atoms with Crippen LogP contribution in [0, 0.1) is 13.8 Å². The second kappa shape index (κ2) is 6.36. The number of aromatic nitrogens is 1. The standard InChI is InChI=1S/C18H23N3O/c1-13-11-17(18(22)20-15-7-6-10-19-12-15)14(2)21(13)16-8-4-3-5-9-16/h3-5,8-9,11,15,19H,6-7,10,12H2,1-2H3,(H,20,22)/t15-/m0/s1. The summed E-state index contributed by atoms with van der Waals surface area (Å²) in [5.74, 6) is 0.0315. The maximum atomic E-state index is 12.6. The number of benzene rings is 1. The van der Waals surface area contributed by atoms with Crippen LogP contribution < -0.4 is 10.6 Å². The van der Waals surface area contributed by atoms with E-state index in [1.54, 1.807) is 0 Å². The highest BCUT2D eigenvalue weighted by Gasteiger charge is 2.20. The van der Waals surface area contributed by atoms with Crippen molar-refractivity contribution in [3.63, 3.8) is 0 Å². The van der Waals surface area contributed by atoms with Crippen molar-refractivity contribution >= 4 is 5.91 Å². The molecule has 0 radical (unpaired) electrons. The summed E-state index contributed by atoms with van der Waals surface area (Å²) in [5, 5.41) is 6.48. The summed E-state index contributed by atoms with van der Waals surface area (Å²) in [6.45, 7) is 5.96. The fourth-order valence-electron chi connectivity index (χ4n) is 3.21. The van der Waals surface area contributed by atoms with Crippen LogP contribution in [0.4, 0.5) is 0 Å². The molecule has 1 atom stereocenters. The van der Waals surface area contributed by atoms with Crippen LogP contribution in [0.3, 0.4) is 0 Å². The SMILES string of the molecule is Cc1cc(C(=O)N[C@H]2CCCNC2)c(C)n1-c1ccccc1. The molecule has 1 aliphatic heterocycles. The molecule has 0 bridgehead atoms. The molecule has 2 N–H and O–H groups in total. The molecule has 2 heterocycles. The lowest BCUT2D eigenvalue weighted by Crippen LogP contribution is -2.45. The van der Waals surface area contributed by atoms with Crippen LogP contribution in [0.5, 0.6) is 0 Å². The quantitative estimate of drug-likeness (QED) is 0.914. The molecule has 3 rings (SSSR count). The molecule has 1 saturated heterocycles. The smallest absolute Gasteiger partial charge is 0.253 e. The number of rotatable bonds is 3. The van der Waals surface area contributed by atoms with Crippen LogP contribution in [0.1, 0.15) is 34.6 Å². The summed E-state index contributed by atoms with van der Waals surface area (Å²) in [6.07, 6.45) is 2.17. The number of aryl methyl sites for hydroxylation is 1. The Morgan fingerprint density at radius 2 is 2.05 bits per heavy atom. The number of carbonyl (C=O) groups excluding carboxylic acids is 1. The van der Waals surface area contributed by atoms with Crippen molar-refractivity contribution in [3.8, 4) is 5.69 Å². The normalized spacial score (nSPS) is 18.2. The molecule has 1 aliphatic rings. The van der Waals surface area contributed by atoms with Gasteiger partial charge in [-0.2, -0.15) is 0 Å². The van der Waals surface area contributed by atoms with Crippen molar-refractivity contribution in [2.45, 2.75) is 32.7 Å². The molecule has 1 aromatic heterocycles. The van der Waals surface area contributed by atoms with Gasteiger partial charge in [-0.05, 0) is 51.4 Å². The Hall–Kier alpha value is -2.07. The van der Waals surface area contributed by atoms with Gasteiger partial charge in [-0.3, -0.25) is 4.79 Å². The van der Waals surface area contributed by atoms with Gasteiger partial charge in [0.25, 0.3) is 5.91 Å². The number of carbonyl (C=O) groups is 1. The molecular weight excluding hydrogens is 274 g/mol. The maximum absolute atomic E-state index is 12.6. The Labute approximate surface area is 131 Å². The number of piperidine rings is 1. The second-order valence-corrected chi connectivity index (χ2v) is 5.97. The molecule has 4 heteroatoms. The number of amides is 1. The summed E-state index contributed by atoms with van der Waals surface area (Å²) in [5.41, 5.74) is 3.93. The third-order valence-electron chi connectivity index (χ3n) is 4.32. The minimum absolute atomic E-state index is 0.0315. The second-order valence-electron chi connectivity index (χ2n) is 5.97. The lowest BCUT2D eigenvalue weighted by atomic mass is 10.1. The molecular formula is C18H23N3O. The lowest BCUT2D eigenvalue weighted by Gasteiger charge is -2.23. The van der Waals surface area contributed by atoms with Crippen LogP contribution in [0.25, 0.3) is 5.69 Å². The summed E-state index contributed by atoms with van der Waals surface area (Å²) in [4.78, 5) is 12.6. The Bertz CT molecular complexity index is 654. The molecule has 2 aromatic rings. The highest BCUT2D eigenvalue weighted by Crippen LogP contribution is 2.21. The van der Waals surface area contributed by atoms with Gasteiger partial charge in [0, 0.05) is 29.7 Å². The Morgan fingerprint density at radius 1 is 1.27 bits per heavy atom. The molecule has 116 valence electrons. The van der Waals surface area contributed by atoms with Crippen molar-refractivity contribution in [2.24, 2.45) is 0 Å². The Morgan fingerprint density at radius 3 is 2.73 bits per heavy atom. The molecule has 1 fully saturated rings. The molecule has 0 unspecified atom stereocenters. The monoisotopic (exact) mass is 297 g/mol. The average molecular weight is 297 g/mol. The van der Waals surface area contributed by atoms with E-state index >= 15 is 0 Å². The van der Waals surface area contributed by atoms with Crippen LogP contribution >= 0.6 is 0 Å². The van der Waals surface area contributed by atoms with Gasteiger partial charge < -0.3 is 15.2 Å². The van der Waals surface area contributed by atoms with E-state index in [4.69, 9.17) is 0 Å². The van der Waals surface area contributed by atoms with E-state index in [9.17, 15) is 4.79 Å². The predicted molar refractivity (Wildman–Crippen MR) is 88.6 cm³/mol. The number of nitrogens with one attached hydrogen (secondary N) is 2. The first-order valence-corrected chi connectivity index (χ1v) is 7.93. The molecule has 0 spiro atoms. The molecule has 1 amide bonds. The minimum atomic E-state index is 0.0315. The molecule has 0 aliphatic carbocycles. The topological polar surface area (TPSA) is 46.1 Å².